The van der Waals surface area contributed by atoms with Crippen LogP contribution in [0.1, 0.15) is 25.5 Å². The minimum atomic E-state index is -0.543. The van der Waals surface area contributed by atoms with Crippen LogP contribution in [0.15, 0.2) is 22.8 Å². The standard InChI is InChI=1S/C13H23NO4/c1-2-11(15)5-6-14-8-12(16)9-17-10-13-4-3-7-18-13/h3-4,7,11-12,14-16H,2,5-6,8-10H2,1H3. The van der Waals surface area contributed by atoms with Gasteiger partial charge in [0, 0.05) is 6.54 Å². The maximum Gasteiger partial charge on any atom is 0.129 e. The Morgan fingerprint density at radius 2 is 2.22 bits per heavy atom. The van der Waals surface area contributed by atoms with E-state index in [1.54, 1.807) is 12.3 Å². The van der Waals surface area contributed by atoms with Gasteiger partial charge in [0.1, 0.15) is 12.4 Å². The zero-order valence-electron chi connectivity index (χ0n) is 10.8. The van der Waals surface area contributed by atoms with E-state index in [4.69, 9.17) is 9.15 Å². The van der Waals surface area contributed by atoms with Crippen molar-refractivity contribution in [3.63, 3.8) is 0 Å². The van der Waals surface area contributed by atoms with Crippen molar-refractivity contribution in [2.24, 2.45) is 0 Å². The lowest BCUT2D eigenvalue weighted by molar-refractivity contribution is 0.0223. The zero-order valence-corrected chi connectivity index (χ0v) is 10.8. The van der Waals surface area contributed by atoms with E-state index >= 15 is 0 Å². The average molecular weight is 257 g/mol. The fraction of sp³-hybridized carbons (Fsp3) is 0.692. The van der Waals surface area contributed by atoms with Crippen molar-refractivity contribution in [2.45, 2.75) is 38.6 Å². The molecule has 0 amide bonds. The highest BCUT2D eigenvalue weighted by atomic mass is 16.5. The molecule has 0 aliphatic heterocycles. The molecule has 0 aromatic carbocycles. The molecule has 18 heavy (non-hydrogen) atoms. The van der Waals surface area contributed by atoms with E-state index in [9.17, 15) is 10.2 Å². The number of ether oxygens (including phenoxy) is 1. The van der Waals surface area contributed by atoms with Gasteiger partial charge in [0.15, 0.2) is 0 Å². The van der Waals surface area contributed by atoms with Crippen molar-refractivity contribution in [3.8, 4) is 0 Å². The summed E-state index contributed by atoms with van der Waals surface area (Å²) < 4.78 is 10.4. The van der Waals surface area contributed by atoms with Crippen LogP contribution in [-0.2, 0) is 11.3 Å². The quantitative estimate of drug-likeness (QED) is 0.543. The molecule has 0 saturated carbocycles. The van der Waals surface area contributed by atoms with E-state index < -0.39 is 6.10 Å². The van der Waals surface area contributed by atoms with Crippen LogP contribution in [0.4, 0.5) is 0 Å². The van der Waals surface area contributed by atoms with Crippen LogP contribution in [0, 0.1) is 0 Å². The van der Waals surface area contributed by atoms with E-state index in [1.165, 1.54) is 0 Å². The first-order valence-corrected chi connectivity index (χ1v) is 6.39. The van der Waals surface area contributed by atoms with Gasteiger partial charge in [-0.3, -0.25) is 0 Å². The van der Waals surface area contributed by atoms with E-state index in [2.05, 4.69) is 5.32 Å². The summed E-state index contributed by atoms with van der Waals surface area (Å²) in [5, 5.41) is 22.0. The van der Waals surface area contributed by atoms with Crippen molar-refractivity contribution in [3.05, 3.63) is 24.2 Å². The van der Waals surface area contributed by atoms with Crippen LogP contribution in [0.5, 0.6) is 0 Å². The Kier molecular flexibility index (Phi) is 7.68. The predicted molar refractivity (Wildman–Crippen MR) is 68.2 cm³/mol. The number of nitrogens with one attached hydrogen (secondary N) is 1. The van der Waals surface area contributed by atoms with Gasteiger partial charge >= 0.3 is 0 Å². The molecule has 0 fully saturated rings. The van der Waals surface area contributed by atoms with E-state index in [1.807, 2.05) is 13.0 Å². The van der Waals surface area contributed by atoms with Crippen molar-refractivity contribution in [2.75, 3.05) is 19.7 Å². The van der Waals surface area contributed by atoms with Gasteiger partial charge in [-0.05, 0) is 31.5 Å². The first-order chi connectivity index (χ1) is 8.72. The zero-order chi connectivity index (χ0) is 13.2. The van der Waals surface area contributed by atoms with E-state index in [-0.39, 0.29) is 12.7 Å². The molecule has 0 aliphatic rings. The summed E-state index contributed by atoms with van der Waals surface area (Å²) in [5.41, 5.74) is 0. The molecule has 0 radical (unpaired) electrons. The lowest BCUT2D eigenvalue weighted by Gasteiger charge is -2.13. The van der Waals surface area contributed by atoms with Crippen molar-refractivity contribution < 1.29 is 19.4 Å². The lowest BCUT2D eigenvalue weighted by atomic mass is 10.2. The number of rotatable bonds is 10. The topological polar surface area (TPSA) is 74.9 Å². The Labute approximate surface area is 108 Å². The highest BCUT2D eigenvalue weighted by molar-refractivity contribution is 4.96. The summed E-state index contributed by atoms with van der Waals surface area (Å²) in [6, 6.07) is 3.63. The molecule has 0 saturated heterocycles. The molecule has 1 heterocycles. The normalized spacial score (nSPS) is 14.6. The van der Waals surface area contributed by atoms with Crippen LogP contribution in [-0.4, -0.2) is 42.1 Å². The Morgan fingerprint density at radius 3 is 2.89 bits per heavy atom. The van der Waals surface area contributed by atoms with Gasteiger partial charge in [-0.25, -0.2) is 0 Å². The second-order valence-corrected chi connectivity index (χ2v) is 4.30. The number of furan rings is 1. The van der Waals surface area contributed by atoms with Crippen LogP contribution >= 0.6 is 0 Å². The molecule has 1 aromatic rings. The van der Waals surface area contributed by atoms with E-state index in [0.29, 0.717) is 26.1 Å². The van der Waals surface area contributed by atoms with E-state index in [0.717, 1.165) is 12.2 Å². The highest BCUT2D eigenvalue weighted by Crippen LogP contribution is 2.02. The van der Waals surface area contributed by atoms with Gasteiger partial charge in [-0.15, -0.1) is 0 Å². The largest absolute Gasteiger partial charge is 0.467 e. The average Bonchev–Trinajstić information content (AvgIpc) is 2.87. The van der Waals surface area contributed by atoms with Gasteiger partial charge in [0.25, 0.3) is 0 Å². The molecule has 3 N–H and O–H groups in total. The molecule has 0 spiro atoms. The third-order valence-corrected chi connectivity index (χ3v) is 2.64. The highest BCUT2D eigenvalue weighted by Gasteiger charge is 2.05. The van der Waals surface area contributed by atoms with Gasteiger partial charge in [-0.2, -0.15) is 0 Å². The molecule has 2 atom stereocenters. The summed E-state index contributed by atoms with van der Waals surface area (Å²) in [6.45, 7) is 3.75. The van der Waals surface area contributed by atoms with Crippen molar-refractivity contribution in [1.29, 1.82) is 0 Å². The van der Waals surface area contributed by atoms with Gasteiger partial charge < -0.3 is 24.7 Å². The maximum atomic E-state index is 9.62. The number of hydrogen-bond donors (Lipinski definition) is 3. The molecule has 1 aromatic heterocycles. The fourth-order valence-corrected chi connectivity index (χ4v) is 1.49. The summed E-state index contributed by atoms with van der Waals surface area (Å²) in [4.78, 5) is 0. The molecule has 2 unspecified atom stereocenters. The third-order valence-electron chi connectivity index (χ3n) is 2.64. The van der Waals surface area contributed by atoms with Gasteiger partial charge in [0.05, 0.1) is 25.1 Å². The van der Waals surface area contributed by atoms with Crippen LogP contribution < -0.4 is 5.32 Å². The van der Waals surface area contributed by atoms with Gasteiger partial charge in [-0.1, -0.05) is 6.92 Å². The fourth-order valence-electron chi connectivity index (χ4n) is 1.49. The van der Waals surface area contributed by atoms with Crippen LogP contribution in [0.25, 0.3) is 0 Å². The minimum absolute atomic E-state index is 0.259. The summed E-state index contributed by atoms with van der Waals surface area (Å²) >= 11 is 0. The Balaban J connectivity index is 1.95. The van der Waals surface area contributed by atoms with Crippen molar-refractivity contribution in [1.82, 2.24) is 5.32 Å². The summed E-state index contributed by atoms with van der Waals surface area (Å²) in [5.74, 6) is 0.751. The molecule has 104 valence electrons. The SMILES string of the molecule is CCC(O)CCNCC(O)COCc1ccco1. The molecular formula is C13H23NO4. The second kappa shape index (κ2) is 9.10. The first-order valence-electron chi connectivity index (χ1n) is 6.39. The molecular weight excluding hydrogens is 234 g/mol. The molecule has 5 heteroatoms. The Hall–Kier alpha value is -0.880. The molecule has 0 aliphatic carbocycles. The minimum Gasteiger partial charge on any atom is -0.467 e. The van der Waals surface area contributed by atoms with Crippen LogP contribution in [0.3, 0.4) is 0 Å². The smallest absolute Gasteiger partial charge is 0.129 e. The third kappa shape index (κ3) is 6.76. The molecule has 5 nitrogen and oxygen atoms in total. The Morgan fingerprint density at radius 1 is 1.39 bits per heavy atom. The molecule has 0 bridgehead atoms. The summed E-state index contributed by atoms with van der Waals surface area (Å²) in [6.07, 6.45) is 2.26. The number of aliphatic hydroxyl groups is 2. The second-order valence-electron chi connectivity index (χ2n) is 4.30. The lowest BCUT2D eigenvalue weighted by Crippen LogP contribution is -2.32. The Bertz CT molecular complexity index is 289. The number of hydrogen-bond acceptors (Lipinski definition) is 5. The summed E-state index contributed by atoms with van der Waals surface area (Å²) in [7, 11) is 0. The predicted octanol–water partition coefficient (Wildman–Crippen LogP) is 0.908. The van der Waals surface area contributed by atoms with Crippen molar-refractivity contribution >= 4 is 0 Å². The molecule has 1 rings (SSSR count). The monoisotopic (exact) mass is 257 g/mol. The first kappa shape index (κ1) is 15.2. The number of aliphatic hydroxyl groups excluding tert-OH is 2. The maximum absolute atomic E-state index is 9.62. The van der Waals surface area contributed by atoms with Gasteiger partial charge in [0.2, 0.25) is 0 Å². The van der Waals surface area contributed by atoms with Crippen LogP contribution in [0.2, 0.25) is 0 Å².